The minimum atomic E-state index is -2.03. The van der Waals surface area contributed by atoms with E-state index in [4.69, 9.17) is 4.74 Å². The second-order valence-corrected chi connectivity index (χ2v) is 6.51. The Balaban J connectivity index is 1.81. The lowest BCUT2D eigenvalue weighted by atomic mass is 9.86. The molecule has 0 amide bonds. The highest BCUT2D eigenvalue weighted by molar-refractivity contribution is 5.88. The molecule has 2 aromatic carbocycles. The molecule has 0 atom stereocenters. The number of imidazole rings is 1. The van der Waals surface area contributed by atoms with Gasteiger partial charge >= 0.3 is 5.97 Å². The first kappa shape index (κ1) is 18.5. The van der Waals surface area contributed by atoms with Crippen LogP contribution in [0.15, 0.2) is 84.2 Å². The van der Waals surface area contributed by atoms with Gasteiger partial charge in [-0.3, -0.25) is 4.40 Å². The number of nitrogens with zero attached hydrogens (tertiary/aromatic N) is 3. The van der Waals surface area contributed by atoms with Crippen LogP contribution in [-0.2, 0) is 10.4 Å². The van der Waals surface area contributed by atoms with Gasteiger partial charge in [0.15, 0.2) is 11.4 Å². The average molecular weight is 387 g/mol. The molecule has 29 heavy (non-hydrogen) atoms. The minimum absolute atomic E-state index is 0.112. The summed E-state index contributed by atoms with van der Waals surface area (Å²) in [7, 11) is 0. The smallest absolute Gasteiger partial charge is 0.353 e. The van der Waals surface area contributed by atoms with E-state index in [0.717, 1.165) is 0 Å². The Labute approximate surface area is 166 Å². The topological polar surface area (TPSA) is 93.3 Å². The predicted octanol–water partition coefficient (Wildman–Crippen LogP) is 3.88. The number of nitroso groups, excluding NO2 is 1. The van der Waals surface area contributed by atoms with Crippen molar-refractivity contribution in [2.45, 2.75) is 12.5 Å². The van der Waals surface area contributed by atoms with Crippen molar-refractivity contribution >= 4 is 17.4 Å². The van der Waals surface area contributed by atoms with Gasteiger partial charge in [-0.2, -0.15) is 0 Å². The largest absolute Gasteiger partial charge is 0.420 e. The van der Waals surface area contributed by atoms with Gasteiger partial charge in [0.2, 0.25) is 11.4 Å². The van der Waals surface area contributed by atoms with E-state index >= 15 is 0 Å². The first-order valence-corrected chi connectivity index (χ1v) is 8.92. The Morgan fingerprint density at radius 3 is 2.14 bits per heavy atom. The molecule has 0 aliphatic rings. The van der Waals surface area contributed by atoms with Crippen molar-refractivity contribution in [1.82, 2.24) is 9.38 Å². The van der Waals surface area contributed by atoms with Crippen LogP contribution >= 0.6 is 0 Å². The second kappa shape index (κ2) is 7.29. The van der Waals surface area contributed by atoms with Crippen LogP contribution in [0.25, 0.3) is 5.65 Å². The van der Waals surface area contributed by atoms with Gasteiger partial charge in [-0.05, 0) is 35.4 Å². The van der Waals surface area contributed by atoms with Gasteiger partial charge in [-0.25, -0.2) is 9.78 Å². The molecule has 0 unspecified atom stereocenters. The first-order chi connectivity index (χ1) is 14.1. The van der Waals surface area contributed by atoms with Gasteiger partial charge in [0, 0.05) is 6.20 Å². The fraction of sp³-hybridized carbons (Fsp3) is 0.0909. The molecule has 0 saturated heterocycles. The van der Waals surface area contributed by atoms with Gasteiger partial charge < -0.3 is 9.84 Å². The van der Waals surface area contributed by atoms with Crippen molar-refractivity contribution in [2.24, 2.45) is 5.18 Å². The Morgan fingerprint density at radius 2 is 1.59 bits per heavy atom. The van der Waals surface area contributed by atoms with Crippen molar-refractivity contribution in [3.63, 3.8) is 0 Å². The maximum absolute atomic E-state index is 13.2. The highest BCUT2D eigenvalue weighted by Gasteiger charge is 2.42. The van der Waals surface area contributed by atoms with Crippen LogP contribution < -0.4 is 4.74 Å². The van der Waals surface area contributed by atoms with Gasteiger partial charge in [0.1, 0.15) is 0 Å². The zero-order valence-electron chi connectivity index (χ0n) is 15.5. The number of hydrogen-bond acceptors (Lipinski definition) is 6. The van der Waals surface area contributed by atoms with Crippen LogP contribution in [0.5, 0.6) is 5.75 Å². The van der Waals surface area contributed by atoms with Gasteiger partial charge in [0.05, 0.1) is 5.69 Å². The molecule has 144 valence electrons. The van der Waals surface area contributed by atoms with Gasteiger partial charge in [-0.1, -0.05) is 60.7 Å². The number of rotatable bonds is 5. The van der Waals surface area contributed by atoms with E-state index in [-0.39, 0.29) is 17.2 Å². The van der Waals surface area contributed by atoms with Crippen LogP contribution in [-0.4, -0.2) is 20.5 Å². The fourth-order valence-electron chi connectivity index (χ4n) is 3.27. The molecular weight excluding hydrogens is 370 g/mol. The number of hydrogen-bond donors (Lipinski definition) is 1. The highest BCUT2D eigenvalue weighted by atomic mass is 16.6. The molecule has 0 bridgehead atoms. The summed E-state index contributed by atoms with van der Waals surface area (Å²) in [5.74, 6) is -0.649. The molecular formula is C22H17N3O4. The summed E-state index contributed by atoms with van der Waals surface area (Å²) >= 11 is 0. The third-order valence-electron chi connectivity index (χ3n) is 4.72. The maximum atomic E-state index is 13.2. The zero-order valence-corrected chi connectivity index (χ0v) is 15.5. The van der Waals surface area contributed by atoms with Crippen LogP contribution in [0.1, 0.15) is 16.8 Å². The highest BCUT2D eigenvalue weighted by Crippen LogP contribution is 2.33. The fourth-order valence-corrected chi connectivity index (χ4v) is 3.27. The summed E-state index contributed by atoms with van der Waals surface area (Å²) in [6, 6.07) is 20.3. The normalized spacial score (nSPS) is 11.4. The third kappa shape index (κ3) is 3.07. The number of aryl methyl sites for hydroxylation is 1. The Bertz CT molecular complexity index is 1150. The standard InChI is InChI=1S/C22H17N3O4/c1-15-19(24-28)25-14-8-13-18(20(25)23-15)29-21(26)22(27,16-9-4-2-5-10-16)17-11-6-3-7-12-17/h2-14,27H,1H3. The van der Waals surface area contributed by atoms with Crippen LogP contribution in [0, 0.1) is 11.8 Å². The zero-order chi connectivity index (χ0) is 20.4. The first-order valence-electron chi connectivity index (χ1n) is 8.92. The lowest BCUT2D eigenvalue weighted by Crippen LogP contribution is -2.40. The van der Waals surface area contributed by atoms with Crippen LogP contribution in [0.4, 0.5) is 5.82 Å². The maximum Gasteiger partial charge on any atom is 0.353 e. The number of benzene rings is 2. The molecule has 7 heteroatoms. The molecule has 7 nitrogen and oxygen atoms in total. The number of pyridine rings is 1. The van der Waals surface area contributed by atoms with E-state index in [1.54, 1.807) is 85.9 Å². The van der Waals surface area contributed by atoms with Crippen molar-refractivity contribution in [3.8, 4) is 5.75 Å². The Morgan fingerprint density at radius 1 is 1.00 bits per heavy atom. The van der Waals surface area contributed by atoms with Crippen LogP contribution in [0.2, 0.25) is 0 Å². The van der Waals surface area contributed by atoms with Crippen molar-refractivity contribution < 1.29 is 14.6 Å². The lowest BCUT2D eigenvalue weighted by Gasteiger charge is -2.27. The summed E-state index contributed by atoms with van der Waals surface area (Å²) in [5.41, 5.74) is -0.611. The number of esters is 1. The third-order valence-corrected chi connectivity index (χ3v) is 4.72. The van der Waals surface area contributed by atoms with E-state index in [1.165, 1.54) is 4.40 Å². The van der Waals surface area contributed by atoms with E-state index in [9.17, 15) is 14.8 Å². The summed E-state index contributed by atoms with van der Waals surface area (Å²) in [5, 5.41) is 14.5. The lowest BCUT2D eigenvalue weighted by molar-refractivity contribution is -0.151. The Hall–Kier alpha value is -3.84. The number of aromatic nitrogens is 2. The molecule has 2 heterocycles. The molecule has 4 aromatic rings. The monoisotopic (exact) mass is 387 g/mol. The number of fused-ring (bicyclic) bond motifs is 1. The van der Waals surface area contributed by atoms with E-state index in [2.05, 4.69) is 10.2 Å². The summed E-state index contributed by atoms with van der Waals surface area (Å²) < 4.78 is 7.04. The molecule has 4 rings (SSSR count). The molecule has 0 aliphatic heterocycles. The molecule has 2 aromatic heterocycles. The average Bonchev–Trinajstić information content (AvgIpc) is 3.10. The quantitative estimate of drug-likeness (QED) is 0.414. The van der Waals surface area contributed by atoms with E-state index < -0.39 is 11.6 Å². The predicted molar refractivity (Wildman–Crippen MR) is 107 cm³/mol. The molecule has 0 spiro atoms. The summed E-state index contributed by atoms with van der Waals surface area (Å²) in [6.45, 7) is 1.64. The van der Waals surface area contributed by atoms with Gasteiger partial charge in [0.25, 0.3) is 0 Å². The number of aliphatic hydroxyl groups is 1. The van der Waals surface area contributed by atoms with Crippen molar-refractivity contribution in [2.75, 3.05) is 0 Å². The number of carbonyl (C=O) groups is 1. The van der Waals surface area contributed by atoms with E-state index in [0.29, 0.717) is 16.8 Å². The van der Waals surface area contributed by atoms with Gasteiger partial charge in [-0.15, -0.1) is 4.91 Å². The SMILES string of the molecule is Cc1nc2c(OC(=O)C(O)(c3ccccc3)c3ccccc3)cccn2c1N=O. The Kier molecular flexibility index (Phi) is 4.66. The molecule has 0 saturated carbocycles. The molecule has 0 aliphatic carbocycles. The van der Waals surface area contributed by atoms with Crippen molar-refractivity contribution in [3.05, 3.63) is 101 Å². The number of ether oxygens (including phenoxy) is 1. The van der Waals surface area contributed by atoms with E-state index in [1.807, 2.05) is 0 Å². The summed E-state index contributed by atoms with van der Waals surface area (Å²) in [4.78, 5) is 28.6. The second-order valence-electron chi connectivity index (χ2n) is 6.51. The molecule has 1 N–H and O–H groups in total. The van der Waals surface area contributed by atoms with Crippen molar-refractivity contribution in [1.29, 1.82) is 0 Å². The number of carbonyl (C=O) groups excluding carboxylic acids is 1. The molecule has 0 radical (unpaired) electrons. The minimum Gasteiger partial charge on any atom is -0.420 e. The van der Waals surface area contributed by atoms with Crippen LogP contribution in [0.3, 0.4) is 0 Å². The summed E-state index contributed by atoms with van der Waals surface area (Å²) in [6.07, 6.45) is 1.60. The molecule has 0 fully saturated rings.